The Morgan fingerprint density at radius 2 is 1.88 bits per heavy atom. The number of ether oxygens (including phenoxy) is 1. The number of halogens is 2. The Hall–Kier alpha value is -1.89. The third-order valence-electron chi connectivity index (χ3n) is 6.85. The lowest BCUT2D eigenvalue weighted by Crippen LogP contribution is -2.45. The molecule has 3 heterocycles. The van der Waals surface area contributed by atoms with Crippen molar-refractivity contribution in [3.8, 4) is 11.3 Å². The highest BCUT2D eigenvalue weighted by Crippen LogP contribution is 2.36. The van der Waals surface area contributed by atoms with Crippen molar-refractivity contribution in [3.63, 3.8) is 0 Å². The number of nitrogens with zero attached hydrogens (tertiary/aromatic N) is 5. The summed E-state index contributed by atoms with van der Waals surface area (Å²) in [6.45, 7) is 7.64. The molecule has 1 aliphatic carbocycles. The van der Waals surface area contributed by atoms with Gasteiger partial charge in [-0.3, -0.25) is 0 Å². The van der Waals surface area contributed by atoms with Gasteiger partial charge in [-0.25, -0.2) is 4.98 Å². The molecule has 0 amide bonds. The van der Waals surface area contributed by atoms with Gasteiger partial charge in [-0.1, -0.05) is 43.5 Å². The van der Waals surface area contributed by atoms with E-state index in [1.165, 1.54) is 25.7 Å². The summed E-state index contributed by atoms with van der Waals surface area (Å²) in [4.78, 5) is 16.5. The number of fused-ring (bicyclic) bond motifs is 1. The number of rotatable bonds is 4. The second-order valence-corrected chi connectivity index (χ2v) is 10.1. The van der Waals surface area contributed by atoms with E-state index in [0.717, 1.165) is 41.7 Å². The van der Waals surface area contributed by atoms with E-state index < -0.39 is 0 Å². The molecule has 0 radical (unpaired) electrons. The number of imidazole rings is 1. The second kappa shape index (κ2) is 9.16. The highest BCUT2D eigenvalue weighted by atomic mass is 35.5. The van der Waals surface area contributed by atoms with Crippen LogP contribution in [0.4, 0.5) is 5.95 Å². The van der Waals surface area contributed by atoms with E-state index in [2.05, 4.69) is 33.3 Å². The van der Waals surface area contributed by atoms with Crippen LogP contribution in [-0.4, -0.2) is 45.3 Å². The van der Waals surface area contributed by atoms with Crippen LogP contribution in [-0.2, 0) is 11.3 Å². The maximum absolute atomic E-state index is 6.36. The minimum atomic E-state index is 0.199. The van der Waals surface area contributed by atoms with Gasteiger partial charge in [0.1, 0.15) is 11.2 Å². The van der Waals surface area contributed by atoms with Crippen molar-refractivity contribution in [1.29, 1.82) is 0 Å². The maximum atomic E-state index is 6.36. The molecule has 1 saturated heterocycles. The fraction of sp³-hybridized carbons (Fsp3) is 0.542. The van der Waals surface area contributed by atoms with Gasteiger partial charge in [0.2, 0.25) is 11.2 Å². The van der Waals surface area contributed by atoms with Crippen molar-refractivity contribution >= 4 is 40.3 Å². The van der Waals surface area contributed by atoms with Crippen molar-refractivity contribution < 1.29 is 4.74 Å². The second-order valence-electron chi connectivity index (χ2n) is 9.29. The van der Waals surface area contributed by atoms with Crippen LogP contribution in [0.5, 0.6) is 0 Å². The summed E-state index contributed by atoms with van der Waals surface area (Å²) < 4.78 is 8.03. The molecule has 3 aromatic rings. The Morgan fingerprint density at radius 1 is 1.06 bits per heavy atom. The number of benzene rings is 1. The zero-order chi connectivity index (χ0) is 22.2. The van der Waals surface area contributed by atoms with Crippen LogP contribution in [0.1, 0.15) is 39.5 Å². The van der Waals surface area contributed by atoms with E-state index in [1.807, 2.05) is 24.3 Å². The standard InChI is InChI=1S/C24H29Cl2N5O/c1-15-6-8-17(9-7-15)13-31-21-20(18-4-3-5-19(25)12-18)27-23(26)28-22(21)29-24(31)30-10-11-32-14-16(30)2/h3-5,12,15-17H,6-11,13-14H2,1-2H3. The molecule has 170 valence electrons. The van der Waals surface area contributed by atoms with Gasteiger partial charge in [-0.15, -0.1) is 0 Å². The highest BCUT2D eigenvalue weighted by Gasteiger charge is 2.29. The average Bonchev–Trinajstić information content (AvgIpc) is 3.12. The predicted molar refractivity (Wildman–Crippen MR) is 130 cm³/mol. The molecule has 1 unspecified atom stereocenters. The van der Waals surface area contributed by atoms with Crippen molar-refractivity contribution in [1.82, 2.24) is 19.5 Å². The topological polar surface area (TPSA) is 56.1 Å². The van der Waals surface area contributed by atoms with Gasteiger partial charge in [-0.2, -0.15) is 9.97 Å². The molecule has 0 spiro atoms. The quantitative estimate of drug-likeness (QED) is 0.444. The molecule has 8 heteroatoms. The van der Waals surface area contributed by atoms with Gasteiger partial charge in [0.25, 0.3) is 0 Å². The van der Waals surface area contributed by atoms with Crippen molar-refractivity contribution in [2.45, 2.75) is 52.1 Å². The summed E-state index contributed by atoms with van der Waals surface area (Å²) in [7, 11) is 0. The van der Waals surface area contributed by atoms with Crippen molar-refractivity contribution in [3.05, 3.63) is 34.6 Å². The fourth-order valence-corrected chi connectivity index (χ4v) is 5.38. The largest absolute Gasteiger partial charge is 0.377 e. The van der Waals surface area contributed by atoms with E-state index in [9.17, 15) is 0 Å². The Labute approximate surface area is 198 Å². The Bertz CT molecular complexity index is 1110. The molecule has 32 heavy (non-hydrogen) atoms. The monoisotopic (exact) mass is 473 g/mol. The molecule has 1 saturated carbocycles. The molecular formula is C24H29Cl2N5O. The van der Waals surface area contributed by atoms with Crippen LogP contribution in [0, 0.1) is 11.8 Å². The molecular weight excluding hydrogens is 445 g/mol. The minimum absolute atomic E-state index is 0.199. The molecule has 1 aliphatic heterocycles. The van der Waals surface area contributed by atoms with E-state index in [1.54, 1.807) is 0 Å². The van der Waals surface area contributed by atoms with Gasteiger partial charge in [0.05, 0.1) is 19.3 Å². The number of morpholine rings is 1. The zero-order valence-corrected chi connectivity index (χ0v) is 20.1. The lowest BCUT2D eigenvalue weighted by atomic mass is 9.83. The van der Waals surface area contributed by atoms with Gasteiger partial charge in [0.15, 0.2) is 5.65 Å². The highest BCUT2D eigenvalue weighted by molar-refractivity contribution is 6.31. The number of aromatic nitrogens is 4. The molecule has 2 aromatic heterocycles. The summed E-state index contributed by atoms with van der Waals surface area (Å²) in [6.07, 6.45) is 5.04. The van der Waals surface area contributed by atoms with Gasteiger partial charge in [0, 0.05) is 23.7 Å². The molecule has 2 aliphatic rings. The first-order valence-corrected chi connectivity index (χ1v) is 12.3. The van der Waals surface area contributed by atoms with Gasteiger partial charge in [-0.05, 0) is 55.3 Å². The maximum Gasteiger partial charge on any atom is 0.225 e. The molecule has 0 N–H and O–H groups in total. The van der Waals surface area contributed by atoms with Gasteiger partial charge < -0.3 is 14.2 Å². The Morgan fingerprint density at radius 3 is 2.62 bits per heavy atom. The molecule has 2 fully saturated rings. The molecule has 0 bridgehead atoms. The van der Waals surface area contributed by atoms with Crippen LogP contribution in [0.3, 0.4) is 0 Å². The zero-order valence-electron chi connectivity index (χ0n) is 18.6. The van der Waals surface area contributed by atoms with Crippen molar-refractivity contribution in [2.24, 2.45) is 11.8 Å². The van der Waals surface area contributed by atoms with Crippen molar-refractivity contribution in [2.75, 3.05) is 24.7 Å². The minimum Gasteiger partial charge on any atom is -0.377 e. The fourth-order valence-electron chi connectivity index (χ4n) is 5.02. The first kappa shape index (κ1) is 21.9. The van der Waals surface area contributed by atoms with Gasteiger partial charge >= 0.3 is 0 Å². The average molecular weight is 474 g/mol. The van der Waals surface area contributed by atoms with Crippen LogP contribution in [0.15, 0.2) is 24.3 Å². The first-order valence-electron chi connectivity index (χ1n) is 11.5. The van der Waals surface area contributed by atoms with Crippen LogP contribution < -0.4 is 4.90 Å². The van der Waals surface area contributed by atoms with E-state index in [-0.39, 0.29) is 11.3 Å². The number of hydrogen-bond donors (Lipinski definition) is 0. The number of anilines is 1. The molecule has 6 nitrogen and oxygen atoms in total. The molecule has 1 aromatic carbocycles. The van der Waals surface area contributed by atoms with Crippen LogP contribution in [0.25, 0.3) is 22.4 Å². The molecule has 1 atom stereocenters. The third-order valence-corrected chi connectivity index (χ3v) is 7.26. The summed E-state index contributed by atoms with van der Waals surface area (Å²) in [5, 5.41) is 0.866. The smallest absolute Gasteiger partial charge is 0.225 e. The predicted octanol–water partition coefficient (Wildman–Crippen LogP) is 5.85. The van der Waals surface area contributed by atoms with E-state index in [4.69, 9.17) is 32.9 Å². The third kappa shape index (κ3) is 4.33. The first-order chi connectivity index (χ1) is 15.5. The Balaban J connectivity index is 1.67. The summed E-state index contributed by atoms with van der Waals surface area (Å²) in [5.74, 6) is 2.37. The van der Waals surface area contributed by atoms with Crippen LogP contribution >= 0.6 is 23.2 Å². The SMILES string of the molecule is CC1CCC(Cn2c(N3CCOCC3C)nc3nc(Cl)nc(-c4cccc(Cl)c4)c32)CC1. The van der Waals surface area contributed by atoms with E-state index in [0.29, 0.717) is 29.8 Å². The number of hydrogen-bond acceptors (Lipinski definition) is 5. The Kier molecular flexibility index (Phi) is 6.28. The normalized spacial score (nSPS) is 24.2. The lowest BCUT2D eigenvalue weighted by molar-refractivity contribution is 0.0976. The summed E-state index contributed by atoms with van der Waals surface area (Å²) >= 11 is 12.7. The lowest BCUT2D eigenvalue weighted by Gasteiger charge is -2.35. The summed E-state index contributed by atoms with van der Waals surface area (Å²) in [5.41, 5.74) is 3.28. The summed E-state index contributed by atoms with van der Waals surface area (Å²) in [6, 6.07) is 7.99. The van der Waals surface area contributed by atoms with E-state index >= 15 is 0 Å². The van der Waals surface area contributed by atoms with Crippen LogP contribution in [0.2, 0.25) is 10.3 Å². The molecule has 5 rings (SSSR count).